The lowest BCUT2D eigenvalue weighted by Crippen LogP contribution is -2.62. The van der Waals surface area contributed by atoms with E-state index in [0.29, 0.717) is 48.2 Å². The maximum atomic E-state index is 12.7. The summed E-state index contributed by atoms with van der Waals surface area (Å²) in [7, 11) is 0.114. The molecule has 0 aromatic carbocycles. The van der Waals surface area contributed by atoms with Crippen molar-refractivity contribution in [3.05, 3.63) is 0 Å². The molecule has 4 unspecified atom stereocenters. The van der Waals surface area contributed by atoms with Gasteiger partial charge in [-0.2, -0.15) is 8.42 Å². The number of carbonyl (C=O) groups is 1. The zero-order chi connectivity index (χ0) is 31.1. The van der Waals surface area contributed by atoms with E-state index in [1.807, 2.05) is 14.1 Å². The summed E-state index contributed by atoms with van der Waals surface area (Å²) in [6.07, 6.45) is 7.47. The minimum Gasteiger partial charge on any atom is -0.393 e. The van der Waals surface area contributed by atoms with E-state index < -0.39 is 16.2 Å². The molecule has 0 saturated heterocycles. The molecule has 0 aromatic heterocycles. The second kappa shape index (κ2) is 12.9. The SMILES string of the molecule is C[C@H](CCC(=O)NCCC[N+](C)(C)CCCS(=O)(=O)O)[C@H]1CCC2C3C(O)C[C@@H]4C[C@H](O)CC[C@]4(C)C3C[C@H](O)[C@@]21C. The fourth-order valence-electron chi connectivity index (χ4n) is 10.3. The zero-order valence-corrected chi connectivity index (χ0v) is 27.5. The van der Waals surface area contributed by atoms with Crippen LogP contribution in [0.5, 0.6) is 0 Å². The number of fused-ring (bicyclic) bond motifs is 5. The monoisotopic (exact) mass is 615 g/mol. The van der Waals surface area contributed by atoms with Crippen LogP contribution < -0.4 is 5.32 Å². The third-order valence-electron chi connectivity index (χ3n) is 12.8. The molecule has 0 aliphatic heterocycles. The topological polar surface area (TPSA) is 144 Å². The first-order chi connectivity index (χ1) is 19.5. The van der Waals surface area contributed by atoms with Gasteiger partial charge in [-0.3, -0.25) is 9.35 Å². The van der Waals surface area contributed by atoms with Crippen LogP contribution in [0.15, 0.2) is 0 Å². The van der Waals surface area contributed by atoms with Gasteiger partial charge in [-0.1, -0.05) is 20.8 Å². The van der Waals surface area contributed by atoms with Gasteiger partial charge in [0, 0.05) is 25.8 Å². The lowest BCUT2D eigenvalue weighted by molar-refractivity contribution is -0.890. The Morgan fingerprint density at radius 3 is 2.38 bits per heavy atom. The van der Waals surface area contributed by atoms with E-state index in [-0.39, 0.29) is 52.5 Å². The molecule has 0 heterocycles. The maximum absolute atomic E-state index is 12.7. The Kier molecular flexibility index (Phi) is 10.5. The van der Waals surface area contributed by atoms with Gasteiger partial charge in [0.25, 0.3) is 10.1 Å². The Morgan fingerprint density at radius 1 is 1.00 bits per heavy atom. The number of carbonyl (C=O) groups excluding carboxylic acids is 1. The molecule has 4 rings (SSSR count). The summed E-state index contributed by atoms with van der Waals surface area (Å²) >= 11 is 0. The number of hydrogen-bond acceptors (Lipinski definition) is 6. The summed E-state index contributed by atoms with van der Waals surface area (Å²) in [5.41, 5.74) is -0.185. The second-order valence-corrected chi connectivity index (χ2v) is 17.3. The van der Waals surface area contributed by atoms with Gasteiger partial charge >= 0.3 is 0 Å². The van der Waals surface area contributed by atoms with Crippen LogP contribution in [0.4, 0.5) is 0 Å². The van der Waals surface area contributed by atoms with Crippen molar-refractivity contribution in [1.29, 1.82) is 0 Å². The van der Waals surface area contributed by atoms with Crippen molar-refractivity contribution in [3.8, 4) is 0 Å². The number of nitrogens with one attached hydrogen (secondary N) is 1. The third-order valence-corrected chi connectivity index (χ3v) is 13.6. The second-order valence-electron chi connectivity index (χ2n) is 15.8. The van der Waals surface area contributed by atoms with Crippen LogP contribution in [-0.4, -0.2) is 96.5 Å². The average molecular weight is 616 g/mol. The summed E-state index contributed by atoms with van der Waals surface area (Å²) in [6.45, 7) is 8.87. The number of amides is 1. The normalized spacial score (nSPS) is 41.0. The summed E-state index contributed by atoms with van der Waals surface area (Å²) in [5, 5.41) is 36.6. The maximum Gasteiger partial charge on any atom is 0.265 e. The van der Waals surface area contributed by atoms with Crippen LogP contribution in [0.2, 0.25) is 0 Å². The van der Waals surface area contributed by atoms with Crippen LogP contribution in [0, 0.1) is 46.3 Å². The fourth-order valence-corrected chi connectivity index (χ4v) is 10.8. The molecule has 244 valence electrons. The standard InChI is InChI=1S/C32H58N2O7S/c1-21(8-11-29(38)33-14-6-15-34(4,5)16-7-17-42(39,40)41)24-9-10-25-30-26(20-28(37)32(24,25)3)31(2)13-12-23(35)18-22(31)19-27(30)36/h21-28,30,35-37H,6-20H2,1-5H3,(H-,33,38,39,40,41)/p+1/t21-,22+,23-,24-,25?,26?,27?,28+,30?,31+,32-/m1/s1. The number of aliphatic hydroxyl groups excluding tert-OH is 3. The van der Waals surface area contributed by atoms with Gasteiger partial charge < -0.3 is 25.1 Å². The predicted octanol–water partition coefficient (Wildman–Crippen LogP) is 3.22. The molecular formula is C32H59N2O7S+. The molecule has 0 aromatic rings. The van der Waals surface area contributed by atoms with Crippen LogP contribution >= 0.6 is 0 Å². The first kappa shape index (κ1) is 34.1. The summed E-state index contributed by atoms with van der Waals surface area (Å²) in [4.78, 5) is 12.7. The highest BCUT2D eigenvalue weighted by Gasteiger charge is 2.65. The van der Waals surface area contributed by atoms with E-state index in [1.165, 1.54) is 0 Å². The van der Waals surface area contributed by atoms with Gasteiger partial charge in [0.15, 0.2) is 0 Å². The molecule has 10 heteroatoms. The first-order valence-corrected chi connectivity index (χ1v) is 18.2. The fraction of sp³-hybridized carbons (Fsp3) is 0.969. The Bertz CT molecular complexity index is 1050. The third kappa shape index (κ3) is 7.20. The lowest BCUT2D eigenvalue weighted by Gasteiger charge is -2.63. The van der Waals surface area contributed by atoms with E-state index in [2.05, 4.69) is 26.1 Å². The van der Waals surface area contributed by atoms with Crippen LogP contribution in [0.3, 0.4) is 0 Å². The summed E-state index contributed by atoms with van der Waals surface area (Å²) in [6, 6.07) is 0. The molecule has 4 fully saturated rings. The minimum atomic E-state index is -3.93. The van der Waals surface area contributed by atoms with Gasteiger partial charge in [0.05, 0.1) is 51.2 Å². The number of hydrogen-bond donors (Lipinski definition) is 5. The molecule has 4 aliphatic rings. The molecule has 1 amide bonds. The Labute approximate surface area is 254 Å². The highest BCUT2D eigenvalue weighted by atomic mass is 32.2. The predicted molar refractivity (Wildman–Crippen MR) is 163 cm³/mol. The molecule has 4 saturated carbocycles. The van der Waals surface area contributed by atoms with Crippen molar-refractivity contribution in [2.45, 2.75) is 110 Å². The van der Waals surface area contributed by atoms with Gasteiger partial charge in [0.2, 0.25) is 5.91 Å². The highest BCUT2D eigenvalue weighted by molar-refractivity contribution is 7.85. The van der Waals surface area contributed by atoms with Crippen molar-refractivity contribution in [2.24, 2.45) is 46.3 Å². The highest BCUT2D eigenvalue weighted by Crippen LogP contribution is 2.68. The molecule has 9 nitrogen and oxygen atoms in total. The Balaban J connectivity index is 1.27. The van der Waals surface area contributed by atoms with Crippen molar-refractivity contribution in [2.75, 3.05) is 39.5 Å². The van der Waals surface area contributed by atoms with Crippen molar-refractivity contribution in [3.63, 3.8) is 0 Å². The van der Waals surface area contributed by atoms with Crippen molar-refractivity contribution >= 4 is 16.0 Å². The number of quaternary nitrogens is 1. The molecule has 0 radical (unpaired) electrons. The van der Waals surface area contributed by atoms with E-state index in [4.69, 9.17) is 4.55 Å². The number of aliphatic hydroxyl groups is 3. The first-order valence-electron chi connectivity index (χ1n) is 16.6. The van der Waals surface area contributed by atoms with E-state index >= 15 is 0 Å². The molecule has 5 N–H and O–H groups in total. The quantitative estimate of drug-likeness (QED) is 0.129. The van der Waals surface area contributed by atoms with E-state index in [1.54, 1.807) is 0 Å². The number of nitrogens with zero attached hydrogens (tertiary/aromatic N) is 1. The van der Waals surface area contributed by atoms with Gasteiger partial charge in [-0.25, -0.2) is 0 Å². The van der Waals surface area contributed by atoms with E-state index in [0.717, 1.165) is 64.3 Å². The average Bonchev–Trinajstić information content (AvgIpc) is 3.24. The van der Waals surface area contributed by atoms with Gasteiger partial charge in [0.1, 0.15) is 0 Å². The zero-order valence-electron chi connectivity index (χ0n) is 26.7. The molecule has 0 spiro atoms. The van der Waals surface area contributed by atoms with Crippen LogP contribution in [0.25, 0.3) is 0 Å². The molecule has 11 atom stereocenters. The van der Waals surface area contributed by atoms with Crippen LogP contribution in [-0.2, 0) is 14.9 Å². The van der Waals surface area contributed by atoms with E-state index in [9.17, 15) is 28.5 Å². The molecule has 42 heavy (non-hydrogen) atoms. The molecule has 0 bridgehead atoms. The van der Waals surface area contributed by atoms with Crippen molar-refractivity contribution in [1.82, 2.24) is 5.32 Å². The minimum absolute atomic E-state index is 0.0450. The Hall–Kier alpha value is -0.780. The molecular weight excluding hydrogens is 556 g/mol. The van der Waals surface area contributed by atoms with Gasteiger partial charge in [-0.15, -0.1) is 0 Å². The molecule has 4 aliphatic carbocycles. The summed E-state index contributed by atoms with van der Waals surface area (Å²) < 4.78 is 31.5. The van der Waals surface area contributed by atoms with Gasteiger partial charge in [-0.05, 0) is 97.7 Å². The Morgan fingerprint density at radius 2 is 1.69 bits per heavy atom. The van der Waals surface area contributed by atoms with Crippen LogP contribution in [0.1, 0.15) is 91.4 Å². The number of rotatable bonds is 12. The largest absolute Gasteiger partial charge is 0.393 e. The lowest BCUT2D eigenvalue weighted by atomic mass is 9.43. The summed E-state index contributed by atoms with van der Waals surface area (Å²) in [5.74, 6) is 1.52. The van der Waals surface area contributed by atoms with Crippen molar-refractivity contribution < 1.29 is 37.6 Å². The smallest absolute Gasteiger partial charge is 0.265 e.